The Bertz CT molecular complexity index is 810. The van der Waals surface area contributed by atoms with Crippen LogP contribution in [0.5, 0.6) is 0 Å². The lowest BCUT2D eigenvalue weighted by Crippen LogP contribution is -2.32. The number of aryl methyl sites for hydroxylation is 3. The van der Waals surface area contributed by atoms with Gasteiger partial charge in [-0.3, -0.25) is 9.59 Å². The summed E-state index contributed by atoms with van der Waals surface area (Å²) in [4.78, 5) is 31.5. The van der Waals surface area contributed by atoms with Crippen molar-refractivity contribution >= 4 is 5.91 Å². The number of amides is 1. The molecule has 5 heteroatoms. The van der Waals surface area contributed by atoms with E-state index in [1.54, 1.807) is 13.8 Å². The Balaban J connectivity index is 1.77. The summed E-state index contributed by atoms with van der Waals surface area (Å²) in [5.41, 5.74) is 3.35. The molecule has 0 aliphatic heterocycles. The van der Waals surface area contributed by atoms with Crippen molar-refractivity contribution in [3.63, 3.8) is 0 Å². The standard InChI is InChI=1S/C19H23N3O2/c1-12-16(19(24)21-13(2)20-12)11-18(23)22-17-10-6-4-8-14-7-3-5-9-15(14)17/h3,5,7,9,17H,4,6,8,10-11H2,1-2H3,(H,22,23)(H,20,21,24). The maximum Gasteiger partial charge on any atom is 0.254 e. The normalized spacial score (nSPS) is 17.0. The molecule has 0 saturated carbocycles. The van der Waals surface area contributed by atoms with Crippen molar-refractivity contribution in [1.29, 1.82) is 0 Å². The third-order valence-corrected chi connectivity index (χ3v) is 4.63. The molecule has 0 spiro atoms. The number of fused-ring (bicyclic) bond motifs is 1. The van der Waals surface area contributed by atoms with Gasteiger partial charge in [0.2, 0.25) is 5.91 Å². The number of aromatic nitrogens is 2. The molecule has 5 nitrogen and oxygen atoms in total. The highest BCUT2D eigenvalue weighted by atomic mass is 16.2. The second-order valence-corrected chi connectivity index (χ2v) is 6.46. The van der Waals surface area contributed by atoms with E-state index in [0.717, 1.165) is 25.7 Å². The second-order valence-electron chi connectivity index (χ2n) is 6.46. The number of hydrogen-bond donors (Lipinski definition) is 2. The van der Waals surface area contributed by atoms with E-state index in [0.29, 0.717) is 17.1 Å². The predicted molar refractivity (Wildman–Crippen MR) is 92.9 cm³/mol. The molecule has 1 atom stereocenters. The van der Waals surface area contributed by atoms with Crippen LogP contribution in [0.3, 0.4) is 0 Å². The molecule has 0 fully saturated rings. The summed E-state index contributed by atoms with van der Waals surface area (Å²) in [5.74, 6) is 0.440. The summed E-state index contributed by atoms with van der Waals surface area (Å²) in [7, 11) is 0. The highest BCUT2D eigenvalue weighted by Gasteiger charge is 2.21. The number of aromatic amines is 1. The van der Waals surface area contributed by atoms with Crippen LogP contribution < -0.4 is 10.9 Å². The summed E-state index contributed by atoms with van der Waals surface area (Å²) in [6.07, 6.45) is 4.29. The number of H-pyrrole nitrogens is 1. The van der Waals surface area contributed by atoms with Gasteiger partial charge >= 0.3 is 0 Å². The Morgan fingerprint density at radius 2 is 2.08 bits per heavy atom. The summed E-state index contributed by atoms with van der Waals surface area (Å²) in [6.45, 7) is 3.51. The summed E-state index contributed by atoms with van der Waals surface area (Å²) < 4.78 is 0. The summed E-state index contributed by atoms with van der Waals surface area (Å²) in [5, 5.41) is 3.11. The Kier molecular flexibility index (Phi) is 4.79. The van der Waals surface area contributed by atoms with Gasteiger partial charge in [-0.1, -0.05) is 30.7 Å². The largest absolute Gasteiger partial charge is 0.349 e. The topological polar surface area (TPSA) is 74.8 Å². The zero-order valence-corrected chi connectivity index (χ0v) is 14.2. The lowest BCUT2D eigenvalue weighted by atomic mass is 9.99. The zero-order valence-electron chi connectivity index (χ0n) is 14.2. The number of benzene rings is 1. The Labute approximate surface area is 141 Å². The fourth-order valence-corrected chi connectivity index (χ4v) is 3.44. The molecular formula is C19H23N3O2. The highest BCUT2D eigenvalue weighted by Crippen LogP contribution is 2.28. The van der Waals surface area contributed by atoms with Gasteiger partial charge in [-0.25, -0.2) is 4.98 Å². The first-order valence-corrected chi connectivity index (χ1v) is 8.48. The Morgan fingerprint density at radius 3 is 2.88 bits per heavy atom. The molecule has 2 aromatic rings. The first-order chi connectivity index (χ1) is 11.5. The molecule has 1 aromatic heterocycles. The third-order valence-electron chi connectivity index (χ3n) is 4.63. The first kappa shape index (κ1) is 16.4. The van der Waals surface area contributed by atoms with Crippen LogP contribution in [0.25, 0.3) is 0 Å². The molecule has 3 rings (SSSR count). The smallest absolute Gasteiger partial charge is 0.254 e. The fraction of sp³-hybridized carbons (Fsp3) is 0.421. The number of carbonyl (C=O) groups is 1. The van der Waals surface area contributed by atoms with Crippen molar-refractivity contribution in [3.05, 3.63) is 62.8 Å². The van der Waals surface area contributed by atoms with Gasteiger partial charge in [-0.2, -0.15) is 0 Å². The van der Waals surface area contributed by atoms with Crippen molar-refractivity contribution < 1.29 is 4.79 Å². The van der Waals surface area contributed by atoms with Gasteiger partial charge in [0.05, 0.1) is 12.5 Å². The molecule has 0 saturated heterocycles. The van der Waals surface area contributed by atoms with Crippen molar-refractivity contribution in [2.75, 3.05) is 0 Å². The fourth-order valence-electron chi connectivity index (χ4n) is 3.44. The maximum absolute atomic E-state index is 12.5. The number of hydrogen-bond acceptors (Lipinski definition) is 3. The first-order valence-electron chi connectivity index (χ1n) is 8.48. The van der Waals surface area contributed by atoms with Gasteiger partial charge in [0, 0.05) is 11.3 Å². The lowest BCUT2D eigenvalue weighted by Gasteiger charge is -2.19. The van der Waals surface area contributed by atoms with E-state index in [4.69, 9.17) is 0 Å². The number of rotatable bonds is 3. The average Bonchev–Trinajstić information content (AvgIpc) is 2.73. The molecule has 1 aliphatic carbocycles. The van der Waals surface area contributed by atoms with E-state index in [9.17, 15) is 9.59 Å². The third kappa shape index (κ3) is 3.55. The Morgan fingerprint density at radius 1 is 1.29 bits per heavy atom. The van der Waals surface area contributed by atoms with Gasteiger partial charge in [0.1, 0.15) is 5.82 Å². The monoisotopic (exact) mass is 325 g/mol. The van der Waals surface area contributed by atoms with E-state index in [-0.39, 0.29) is 23.9 Å². The minimum absolute atomic E-state index is 0.0222. The molecule has 1 heterocycles. The molecule has 1 unspecified atom stereocenters. The molecule has 1 aromatic carbocycles. The van der Waals surface area contributed by atoms with Crippen LogP contribution >= 0.6 is 0 Å². The van der Waals surface area contributed by atoms with E-state index in [1.807, 2.05) is 12.1 Å². The average molecular weight is 325 g/mol. The van der Waals surface area contributed by atoms with Crippen LogP contribution in [0.4, 0.5) is 0 Å². The number of nitrogens with zero attached hydrogens (tertiary/aromatic N) is 1. The van der Waals surface area contributed by atoms with Crippen molar-refractivity contribution in [2.45, 2.75) is 52.0 Å². The molecular weight excluding hydrogens is 302 g/mol. The second kappa shape index (κ2) is 6.99. The SMILES string of the molecule is Cc1nc(C)c(CC(=O)NC2CCCCc3ccccc32)c(=O)[nH]1. The van der Waals surface area contributed by atoms with Crippen LogP contribution in [0.15, 0.2) is 29.1 Å². The van der Waals surface area contributed by atoms with Gasteiger partial charge in [-0.15, -0.1) is 0 Å². The number of carbonyl (C=O) groups excluding carboxylic acids is 1. The predicted octanol–water partition coefficient (Wildman–Crippen LogP) is 2.51. The van der Waals surface area contributed by atoms with Crippen LogP contribution in [-0.2, 0) is 17.6 Å². The van der Waals surface area contributed by atoms with E-state index >= 15 is 0 Å². The number of nitrogens with one attached hydrogen (secondary N) is 2. The van der Waals surface area contributed by atoms with E-state index in [2.05, 4.69) is 27.4 Å². The quantitative estimate of drug-likeness (QED) is 0.852. The van der Waals surface area contributed by atoms with E-state index in [1.165, 1.54) is 11.1 Å². The summed E-state index contributed by atoms with van der Waals surface area (Å²) in [6, 6.07) is 8.32. The van der Waals surface area contributed by atoms with Crippen LogP contribution in [0.1, 0.15) is 53.5 Å². The van der Waals surface area contributed by atoms with Crippen molar-refractivity contribution in [3.8, 4) is 0 Å². The molecule has 0 radical (unpaired) electrons. The van der Waals surface area contributed by atoms with Gasteiger partial charge in [0.15, 0.2) is 0 Å². The van der Waals surface area contributed by atoms with Crippen molar-refractivity contribution in [1.82, 2.24) is 15.3 Å². The minimum atomic E-state index is -0.226. The van der Waals surface area contributed by atoms with Crippen LogP contribution in [0.2, 0.25) is 0 Å². The van der Waals surface area contributed by atoms with E-state index < -0.39 is 0 Å². The molecule has 24 heavy (non-hydrogen) atoms. The minimum Gasteiger partial charge on any atom is -0.349 e. The van der Waals surface area contributed by atoms with Gasteiger partial charge in [0.25, 0.3) is 5.56 Å². The molecule has 1 amide bonds. The molecule has 126 valence electrons. The highest BCUT2D eigenvalue weighted by molar-refractivity contribution is 5.79. The molecule has 0 bridgehead atoms. The molecule has 2 N–H and O–H groups in total. The van der Waals surface area contributed by atoms with Crippen molar-refractivity contribution in [2.24, 2.45) is 0 Å². The van der Waals surface area contributed by atoms with Gasteiger partial charge in [-0.05, 0) is 44.2 Å². The zero-order chi connectivity index (χ0) is 17.1. The van der Waals surface area contributed by atoms with Gasteiger partial charge < -0.3 is 10.3 Å². The lowest BCUT2D eigenvalue weighted by molar-refractivity contribution is -0.121. The maximum atomic E-state index is 12.5. The molecule has 1 aliphatic rings. The van der Waals surface area contributed by atoms with Crippen LogP contribution in [0, 0.1) is 13.8 Å². The summed E-state index contributed by atoms with van der Waals surface area (Å²) >= 11 is 0. The van der Waals surface area contributed by atoms with Crippen LogP contribution in [-0.4, -0.2) is 15.9 Å². The Hall–Kier alpha value is -2.43.